The fourth-order valence-electron chi connectivity index (χ4n) is 3.63. The number of aliphatic hydroxyl groups is 1. The number of hydrogen-bond acceptors (Lipinski definition) is 3. The van der Waals surface area contributed by atoms with Crippen molar-refractivity contribution >= 4 is 17.6 Å². The molecule has 2 aliphatic rings. The van der Waals surface area contributed by atoms with Gasteiger partial charge in [-0.3, -0.25) is 9.59 Å². The van der Waals surface area contributed by atoms with Gasteiger partial charge in [0.25, 0.3) is 0 Å². The van der Waals surface area contributed by atoms with Gasteiger partial charge in [-0.15, -0.1) is 0 Å². The molecular formula is C19H22O3. The number of carbonyl (C=O) groups is 2. The second kappa shape index (κ2) is 4.88. The van der Waals surface area contributed by atoms with Gasteiger partial charge in [0.2, 0.25) is 11.6 Å². The molecule has 0 radical (unpaired) electrons. The molecule has 0 saturated carbocycles. The molecule has 1 aromatic carbocycles. The normalized spacial score (nSPS) is 23.2. The molecule has 1 unspecified atom stereocenters. The summed E-state index contributed by atoms with van der Waals surface area (Å²) >= 11 is 0. The fraction of sp³-hybridized carbons (Fsp3) is 0.474. The number of fused-ring (bicyclic) bond motifs is 3. The minimum atomic E-state index is -0.663. The van der Waals surface area contributed by atoms with Crippen molar-refractivity contribution in [1.82, 2.24) is 0 Å². The van der Waals surface area contributed by atoms with Gasteiger partial charge in [0, 0.05) is 11.1 Å². The van der Waals surface area contributed by atoms with E-state index in [1.807, 2.05) is 32.1 Å². The zero-order valence-electron chi connectivity index (χ0n) is 13.6. The van der Waals surface area contributed by atoms with Crippen molar-refractivity contribution < 1.29 is 14.7 Å². The van der Waals surface area contributed by atoms with Crippen molar-refractivity contribution in [1.29, 1.82) is 0 Å². The molecule has 3 nitrogen and oxygen atoms in total. The predicted molar refractivity (Wildman–Crippen MR) is 85.8 cm³/mol. The lowest BCUT2D eigenvalue weighted by atomic mass is 9.68. The fourth-order valence-corrected chi connectivity index (χ4v) is 3.63. The molecule has 1 atom stereocenters. The molecule has 1 aromatic rings. The smallest absolute Gasteiger partial charge is 0.234 e. The van der Waals surface area contributed by atoms with E-state index in [0.717, 1.165) is 17.5 Å². The number of allylic oxidation sites excluding steroid dienone is 1. The molecule has 1 N–H and O–H groups in total. The molecule has 0 amide bonds. The van der Waals surface area contributed by atoms with Crippen LogP contribution in [0.25, 0.3) is 6.08 Å². The largest absolute Gasteiger partial charge is 0.388 e. The van der Waals surface area contributed by atoms with Crippen molar-refractivity contribution in [3.05, 3.63) is 40.0 Å². The van der Waals surface area contributed by atoms with Crippen LogP contribution in [0.15, 0.2) is 17.7 Å². The van der Waals surface area contributed by atoms with Gasteiger partial charge in [-0.2, -0.15) is 0 Å². The van der Waals surface area contributed by atoms with Crippen LogP contribution in [0, 0.1) is 5.92 Å². The molecule has 22 heavy (non-hydrogen) atoms. The van der Waals surface area contributed by atoms with Crippen molar-refractivity contribution in [2.24, 2.45) is 5.92 Å². The Morgan fingerprint density at radius 2 is 1.86 bits per heavy atom. The van der Waals surface area contributed by atoms with Crippen LogP contribution in [0.2, 0.25) is 0 Å². The number of aliphatic hydroxyl groups excluding tert-OH is 1. The van der Waals surface area contributed by atoms with Crippen LogP contribution in [-0.4, -0.2) is 16.7 Å². The minimum absolute atomic E-state index is 0.0157. The average molecular weight is 298 g/mol. The molecule has 0 heterocycles. The zero-order valence-corrected chi connectivity index (χ0v) is 13.6. The highest BCUT2D eigenvalue weighted by atomic mass is 16.3. The van der Waals surface area contributed by atoms with Crippen molar-refractivity contribution in [2.75, 3.05) is 0 Å². The Bertz CT molecular complexity index is 708. The van der Waals surface area contributed by atoms with Gasteiger partial charge in [0.1, 0.15) is 0 Å². The SMILES string of the molecule is CC(C)C1=Cc2ccc3c(c2C(=O)C1=O)C(O)CCC3(C)C. The van der Waals surface area contributed by atoms with Crippen LogP contribution < -0.4 is 0 Å². The van der Waals surface area contributed by atoms with Crippen LogP contribution in [0.1, 0.15) is 73.7 Å². The zero-order chi connectivity index (χ0) is 16.2. The van der Waals surface area contributed by atoms with E-state index in [9.17, 15) is 14.7 Å². The van der Waals surface area contributed by atoms with Gasteiger partial charge in [-0.25, -0.2) is 0 Å². The molecule has 0 aliphatic heterocycles. The van der Waals surface area contributed by atoms with Gasteiger partial charge in [0.05, 0.1) is 6.10 Å². The van der Waals surface area contributed by atoms with Crippen molar-refractivity contribution in [2.45, 2.75) is 52.1 Å². The first-order valence-electron chi connectivity index (χ1n) is 7.90. The summed E-state index contributed by atoms with van der Waals surface area (Å²) < 4.78 is 0. The van der Waals surface area contributed by atoms with Gasteiger partial charge in [-0.05, 0) is 46.9 Å². The highest BCUT2D eigenvalue weighted by Gasteiger charge is 2.39. The Labute approximate surface area is 131 Å². The van der Waals surface area contributed by atoms with Crippen LogP contribution >= 0.6 is 0 Å². The first-order valence-corrected chi connectivity index (χ1v) is 7.90. The molecular weight excluding hydrogens is 276 g/mol. The van der Waals surface area contributed by atoms with Gasteiger partial charge >= 0.3 is 0 Å². The maximum Gasteiger partial charge on any atom is 0.234 e. The van der Waals surface area contributed by atoms with Gasteiger partial charge in [0.15, 0.2) is 0 Å². The average Bonchev–Trinajstić information content (AvgIpc) is 2.45. The molecule has 2 aliphatic carbocycles. The van der Waals surface area contributed by atoms with E-state index in [2.05, 4.69) is 13.8 Å². The van der Waals surface area contributed by atoms with E-state index in [-0.39, 0.29) is 11.3 Å². The van der Waals surface area contributed by atoms with Crippen molar-refractivity contribution in [3.8, 4) is 0 Å². The maximum atomic E-state index is 12.7. The number of rotatable bonds is 1. The first-order chi connectivity index (χ1) is 10.2. The highest BCUT2D eigenvalue weighted by molar-refractivity contribution is 6.52. The van der Waals surface area contributed by atoms with E-state index >= 15 is 0 Å². The summed E-state index contributed by atoms with van der Waals surface area (Å²) in [5.74, 6) is -0.872. The van der Waals surface area contributed by atoms with E-state index in [0.29, 0.717) is 23.1 Å². The second-order valence-electron chi connectivity index (χ2n) is 7.34. The first kappa shape index (κ1) is 15.2. The third-order valence-electron chi connectivity index (χ3n) is 5.01. The van der Waals surface area contributed by atoms with Crippen molar-refractivity contribution in [3.63, 3.8) is 0 Å². The lowest BCUT2D eigenvalue weighted by molar-refractivity contribution is -0.112. The standard InChI is InChI=1S/C19H22O3/c1-10(2)12-9-11-5-6-13-16(15(11)18(22)17(12)21)14(20)7-8-19(13,3)4/h5-6,9-10,14,20H,7-8H2,1-4H3. The quantitative estimate of drug-likeness (QED) is 0.806. The molecule has 3 rings (SSSR count). The summed E-state index contributed by atoms with van der Waals surface area (Å²) in [6, 6.07) is 3.93. The molecule has 116 valence electrons. The highest BCUT2D eigenvalue weighted by Crippen LogP contribution is 2.45. The Morgan fingerprint density at radius 3 is 2.50 bits per heavy atom. The topological polar surface area (TPSA) is 54.4 Å². The summed E-state index contributed by atoms with van der Waals surface area (Å²) in [4.78, 5) is 25.0. The molecule has 0 spiro atoms. The lowest BCUT2D eigenvalue weighted by Crippen LogP contribution is -2.32. The van der Waals surface area contributed by atoms with E-state index in [4.69, 9.17) is 0 Å². The van der Waals surface area contributed by atoms with Crippen LogP contribution in [0.3, 0.4) is 0 Å². The summed E-state index contributed by atoms with van der Waals surface area (Å²) in [5.41, 5.74) is 3.33. The number of ketones is 2. The Balaban J connectivity index is 2.30. The molecule has 0 fully saturated rings. The lowest BCUT2D eigenvalue weighted by Gasteiger charge is -2.37. The maximum absolute atomic E-state index is 12.7. The van der Waals surface area contributed by atoms with Crippen LogP contribution in [0.4, 0.5) is 0 Å². The summed E-state index contributed by atoms with van der Waals surface area (Å²) in [6.07, 6.45) is 2.65. The number of benzene rings is 1. The third kappa shape index (κ3) is 2.07. The third-order valence-corrected chi connectivity index (χ3v) is 5.01. The number of hydrogen-bond donors (Lipinski definition) is 1. The molecule has 3 heteroatoms. The van der Waals surface area contributed by atoms with Gasteiger partial charge in [-0.1, -0.05) is 39.8 Å². The number of Topliss-reactive ketones (excluding diaryl/α,β-unsaturated/α-hetero) is 2. The molecule has 0 aromatic heterocycles. The Kier molecular flexibility index (Phi) is 3.37. The van der Waals surface area contributed by atoms with Crippen LogP contribution in [-0.2, 0) is 10.2 Å². The number of carbonyl (C=O) groups excluding carboxylic acids is 2. The predicted octanol–water partition coefficient (Wildman–Crippen LogP) is 3.60. The summed E-state index contributed by atoms with van der Waals surface area (Å²) in [7, 11) is 0. The van der Waals surface area contributed by atoms with E-state index in [1.165, 1.54) is 0 Å². The molecule has 0 bridgehead atoms. The monoisotopic (exact) mass is 298 g/mol. The summed E-state index contributed by atoms with van der Waals surface area (Å²) in [5, 5.41) is 10.4. The van der Waals surface area contributed by atoms with E-state index < -0.39 is 17.7 Å². The summed E-state index contributed by atoms with van der Waals surface area (Å²) in [6.45, 7) is 8.07. The Hall–Kier alpha value is -1.74. The molecule has 0 saturated heterocycles. The van der Waals surface area contributed by atoms with Crippen LogP contribution in [0.5, 0.6) is 0 Å². The van der Waals surface area contributed by atoms with E-state index in [1.54, 1.807) is 0 Å². The second-order valence-corrected chi connectivity index (χ2v) is 7.34. The Morgan fingerprint density at radius 1 is 1.18 bits per heavy atom. The minimum Gasteiger partial charge on any atom is -0.388 e. The van der Waals surface area contributed by atoms with Gasteiger partial charge < -0.3 is 5.11 Å².